The molecule has 0 aromatic rings. The fourth-order valence-electron chi connectivity index (χ4n) is 0.127. The zero-order valence-corrected chi connectivity index (χ0v) is 6.67. The minimum absolute atomic E-state index is 0.106. The fourth-order valence-corrected chi connectivity index (χ4v) is 1.14. The van der Waals surface area contributed by atoms with Crippen LogP contribution in [0.4, 0.5) is 4.79 Å². The molecule has 0 saturated carbocycles. The van der Waals surface area contributed by atoms with Crippen molar-refractivity contribution < 1.29 is 14.3 Å². The molecule has 0 spiro atoms. The highest BCUT2D eigenvalue weighted by Crippen LogP contribution is 2.23. The van der Waals surface area contributed by atoms with Crippen LogP contribution in [0.15, 0.2) is 0 Å². The SMILES string of the molecule is COC(=O)SSC(C)=O. The Kier molecular flexibility index (Phi) is 4.61. The molecule has 0 aromatic heterocycles. The van der Waals surface area contributed by atoms with Crippen molar-refractivity contribution in [1.29, 1.82) is 0 Å². The summed E-state index contributed by atoms with van der Waals surface area (Å²) in [4.78, 5) is 20.5. The van der Waals surface area contributed by atoms with Gasteiger partial charge in [-0.05, 0) is 10.8 Å². The molecule has 0 amide bonds. The van der Waals surface area contributed by atoms with Crippen molar-refractivity contribution in [2.24, 2.45) is 0 Å². The third-order valence-electron chi connectivity index (χ3n) is 0.394. The first kappa shape index (κ1) is 8.84. The maximum Gasteiger partial charge on any atom is 0.378 e. The van der Waals surface area contributed by atoms with Gasteiger partial charge in [0.15, 0.2) is 5.12 Å². The van der Waals surface area contributed by atoms with Gasteiger partial charge in [-0.3, -0.25) is 4.79 Å². The first-order valence-electron chi connectivity index (χ1n) is 2.10. The van der Waals surface area contributed by atoms with Gasteiger partial charge in [0.1, 0.15) is 0 Å². The van der Waals surface area contributed by atoms with Gasteiger partial charge in [-0.25, -0.2) is 4.79 Å². The van der Waals surface area contributed by atoms with E-state index in [0.717, 1.165) is 21.6 Å². The van der Waals surface area contributed by atoms with Gasteiger partial charge >= 0.3 is 5.30 Å². The van der Waals surface area contributed by atoms with Crippen molar-refractivity contribution in [3.63, 3.8) is 0 Å². The summed E-state index contributed by atoms with van der Waals surface area (Å²) in [6.07, 6.45) is 0. The second-order valence-electron chi connectivity index (χ2n) is 1.11. The monoisotopic (exact) mass is 166 g/mol. The molecule has 0 N–H and O–H groups in total. The molecule has 0 unspecified atom stereocenters. The molecule has 0 rings (SSSR count). The summed E-state index contributed by atoms with van der Waals surface area (Å²) < 4.78 is 4.25. The molecular formula is C4H6O3S2. The number of ether oxygens (including phenoxy) is 1. The molecule has 52 valence electrons. The number of rotatable bonds is 0. The molecule has 0 saturated heterocycles. The minimum Gasteiger partial charge on any atom is -0.460 e. The number of carbonyl (C=O) groups excluding carboxylic acids is 2. The van der Waals surface area contributed by atoms with Gasteiger partial charge in [-0.15, -0.1) is 0 Å². The quantitative estimate of drug-likeness (QED) is 0.404. The molecule has 0 atom stereocenters. The molecule has 9 heavy (non-hydrogen) atoms. The van der Waals surface area contributed by atoms with Crippen LogP contribution >= 0.6 is 21.6 Å². The van der Waals surface area contributed by atoms with Crippen LogP contribution in [-0.4, -0.2) is 17.5 Å². The average molecular weight is 166 g/mol. The molecule has 5 heteroatoms. The van der Waals surface area contributed by atoms with Gasteiger partial charge in [-0.1, -0.05) is 0 Å². The Morgan fingerprint density at radius 3 is 2.22 bits per heavy atom. The van der Waals surface area contributed by atoms with Crippen LogP contribution in [-0.2, 0) is 9.53 Å². The second-order valence-corrected chi connectivity index (χ2v) is 3.35. The zero-order valence-electron chi connectivity index (χ0n) is 5.04. The smallest absolute Gasteiger partial charge is 0.378 e. The number of hydrogen-bond donors (Lipinski definition) is 0. The average Bonchev–Trinajstić information content (AvgIpc) is 1.83. The van der Waals surface area contributed by atoms with Crippen LogP contribution in [0.25, 0.3) is 0 Å². The van der Waals surface area contributed by atoms with Crippen LogP contribution in [0.1, 0.15) is 6.92 Å². The molecule has 0 aliphatic carbocycles. The highest BCUT2D eigenvalue weighted by molar-refractivity contribution is 8.87. The largest absolute Gasteiger partial charge is 0.460 e. The molecule has 0 heterocycles. The molecule has 0 aliphatic rings. The molecular weight excluding hydrogens is 160 g/mol. The van der Waals surface area contributed by atoms with Crippen LogP contribution in [0.3, 0.4) is 0 Å². The minimum atomic E-state index is -0.449. The summed E-state index contributed by atoms with van der Waals surface area (Å²) in [7, 11) is 2.93. The highest BCUT2D eigenvalue weighted by Gasteiger charge is 2.02. The second kappa shape index (κ2) is 4.69. The van der Waals surface area contributed by atoms with Crippen LogP contribution in [0.5, 0.6) is 0 Å². The molecule has 3 nitrogen and oxygen atoms in total. The maximum absolute atomic E-state index is 10.3. The van der Waals surface area contributed by atoms with Crippen molar-refractivity contribution in [1.82, 2.24) is 0 Å². The summed E-state index contributed by atoms with van der Waals surface area (Å²) in [6.45, 7) is 1.39. The number of hydrogen-bond acceptors (Lipinski definition) is 5. The first-order valence-corrected chi connectivity index (χ1v) is 4.25. The van der Waals surface area contributed by atoms with Gasteiger partial charge in [-0.2, -0.15) is 0 Å². The van der Waals surface area contributed by atoms with E-state index in [2.05, 4.69) is 4.74 Å². The van der Waals surface area contributed by atoms with E-state index in [0.29, 0.717) is 0 Å². The van der Waals surface area contributed by atoms with Gasteiger partial charge in [0.25, 0.3) is 0 Å². The lowest BCUT2D eigenvalue weighted by Gasteiger charge is -1.91. The lowest BCUT2D eigenvalue weighted by molar-refractivity contribution is -0.109. The first-order chi connectivity index (χ1) is 4.16. The summed E-state index contributed by atoms with van der Waals surface area (Å²) in [5.74, 6) is 0. The van der Waals surface area contributed by atoms with E-state index in [1.165, 1.54) is 14.0 Å². The molecule has 0 aliphatic heterocycles. The predicted molar refractivity (Wildman–Crippen MR) is 38.3 cm³/mol. The normalized spacial score (nSPS) is 8.67. The summed E-state index contributed by atoms with van der Waals surface area (Å²) >= 11 is 0. The van der Waals surface area contributed by atoms with E-state index < -0.39 is 5.30 Å². The van der Waals surface area contributed by atoms with Crippen LogP contribution < -0.4 is 0 Å². The Morgan fingerprint density at radius 2 is 1.89 bits per heavy atom. The Hall–Kier alpha value is -0.160. The fraction of sp³-hybridized carbons (Fsp3) is 0.500. The van der Waals surface area contributed by atoms with Crippen LogP contribution in [0, 0.1) is 0 Å². The third-order valence-corrected chi connectivity index (χ3v) is 2.38. The zero-order chi connectivity index (χ0) is 7.28. The van der Waals surface area contributed by atoms with E-state index in [1.54, 1.807) is 0 Å². The topological polar surface area (TPSA) is 43.4 Å². The Bertz CT molecular complexity index is 123. The van der Waals surface area contributed by atoms with Crippen molar-refractivity contribution >= 4 is 32.0 Å². The Morgan fingerprint density at radius 1 is 1.33 bits per heavy atom. The lowest BCUT2D eigenvalue weighted by atomic mass is 10.9. The standard InChI is InChI=1S/C4H6O3S2/c1-3(5)8-9-4(6)7-2/h1-2H3. The van der Waals surface area contributed by atoms with E-state index in [9.17, 15) is 9.59 Å². The van der Waals surface area contributed by atoms with Crippen molar-refractivity contribution in [3.05, 3.63) is 0 Å². The molecule has 0 bridgehead atoms. The van der Waals surface area contributed by atoms with E-state index in [1.807, 2.05) is 0 Å². The Balaban J connectivity index is 3.28. The summed E-state index contributed by atoms with van der Waals surface area (Å²) in [5, 5.41) is -0.555. The van der Waals surface area contributed by atoms with Crippen molar-refractivity contribution in [3.8, 4) is 0 Å². The van der Waals surface area contributed by atoms with E-state index in [-0.39, 0.29) is 5.12 Å². The molecule has 0 aromatic carbocycles. The predicted octanol–water partition coefficient (Wildman–Crippen LogP) is 1.68. The Labute approximate surface area is 60.9 Å². The number of carbonyl (C=O) groups is 2. The maximum atomic E-state index is 10.3. The highest BCUT2D eigenvalue weighted by atomic mass is 33.1. The van der Waals surface area contributed by atoms with Gasteiger partial charge in [0.2, 0.25) is 0 Å². The molecule has 0 radical (unpaired) electrons. The van der Waals surface area contributed by atoms with Gasteiger partial charge in [0, 0.05) is 17.7 Å². The summed E-state index contributed by atoms with van der Waals surface area (Å²) in [5.41, 5.74) is 0. The number of methoxy groups -OCH3 is 1. The van der Waals surface area contributed by atoms with E-state index in [4.69, 9.17) is 0 Å². The van der Waals surface area contributed by atoms with Crippen molar-refractivity contribution in [2.75, 3.05) is 7.11 Å². The molecule has 0 fully saturated rings. The van der Waals surface area contributed by atoms with E-state index >= 15 is 0 Å². The van der Waals surface area contributed by atoms with Crippen LogP contribution in [0.2, 0.25) is 0 Å². The van der Waals surface area contributed by atoms with Crippen molar-refractivity contribution in [2.45, 2.75) is 6.92 Å². The summed E-state index contributed by atoms with van der Waals surface area (Å²) in [6, 6.07) is 0. The third kappa shape index (κ3) is 5.72. The van der Waals surface area contributed by atoms with Gasteiger partial charge < -0.3 is 4.74 Å². The lowest BCUT2D eigenvalue weighted by Crippen LogP contribution is -1.88. The van der Waals surface area contributed by atoms with Gasteiger partial charge in [0.05, 0.1) is 7.11 Å².